The van der Waals surface area contributed by atoms with Gasteiger partial charge in [0.2, 0.25) is 0 Å². The summed E-state index contributed by atoms with van der Waals surface area (Å²) in [5, 5.41) is 0.315. The highest BCUT2D eigenvalue weighted by Crippen LogP contribution is 2.38. The number of allylic oxidation sites excluding steroid dienone is 1. The topological polar surface area (TPSA) is 96.2 Å². The number of hydrogen-bond acceptors (Lipinski definition) is 8. The molecule has 15 heteroatoms. The summed E-state index contributed by atoms with van der Waals surface area (Å²) in [6.45, 7) is 3.36. The Hall–Kier alpha value is -3.47. The minimum absolute atomic E-state index is 0.0527. The maximum Gasteiger partial charge on any atom is 0.434 e. The van der Waals surface area contributed by atoms with Gasteiger partial charge in [-0.2, -0.15) is 13.2 Å². The van der Waals surface area contributed by atoms with E-state index in [9.17, 15) is 27.6 Å². The average molecular weight is 876 g/mol. The highest BCUT2D eigenvalue weighted by atomic mass is 127. The standard InChI is InChI=1S/C33H24BrClF3IN2O6S/c1-3-45-30(43)19-7-5-17(6-8-19)16-47-27-20(13-21(34)15-23(27)39)14-24-29(42)41-26(18-9-11-22(35)12-10-18)25(31(44)46-4-2)28(33(36,37)38)40-32(41)48-24/h5-15,26H,3-4,16H2,1-2H3/b24-14-/t26-/m0/s1. The Morgan fingerprint density at radius 1 is 1.04 bits per heavy atom. The van der Waals surface area contributed by atoms with E-state index in [1.165, 1.54) is 37.3 Å². The number of carbonyl (C=O) groups is 2. The summed E-state index contributed by atoms with van der Waals surface area (Å²) < 4.78 is 62.0. The summed E-state index contributed by atoms with van der Waals surface area (Å²) in [6.07, 6.45) is -3.52. The van der Waals surface area contributed by atoms with Crippen LogP contribution in [0.5, 0.6) is 5.75 Å². The molecule has 1 aliphatic heterocycles. The number of hydrogen-bond donors (Lipinski definition) is 0. The summed E-state index contributed by atoms with van der Waals surface area (Å²) in [5.74, 6) is -1.27. The number of halogens is 6. The molecule has 0 saturated heterocycles. The van der Waals surface area contributed by atoms with E-state index >= 15 is 0 Å². The van der Waals surface area contributed by atoms with Crippen molar-refractivity contribution in [2.45, 2.75) is 32.7 Å². The van der Waals surface area contributed by atoms with Gasteiger partial charge in [0.05, 0.1) is 38.5 Å². The van der Waals surface area contributed by atoms with Gasteiger partial charge in [-0.15, -0.1) is 0 Å². The third-order valence-corrected chi connectivity index (χ3v) is 9.45. The lowest BCUT2D eigenvalue weighted by Crippen LogP contribution is -2.41. The molecular formula is C33H24BrClF3IN2O6S. The first-order valence-corrected chi connectivity index (χ1v) is 17.3. The number of alkyl halides is 3. The predicted octanol–water partition coefficient (Wildman–Crippen LogP) is 7.12. The molecule has 0 saturated carbocycles. The van der Waals surface area contributed by atoms with Crippen molar-refractivity contribution in [1.82, 2.24) is 4.57 Å². The van der Waals surface area contributed by atoms with Gasteiger partial charge in [-0.05, 0) is 90.0 Å². The second-order valence-corrected chi connectivity index (χ2v) is 13.7. The van der Waals surface area contributed by atoms with Crippen LogP contribution < -0.4 is 19.6 Å². The van der Waals surface area contributed by atoms with Gasteiger partial charge in [0.1, 0.15) is 12.4 Å². The molecule has 4 aromatic rings. The Balaban J connectivity index is 1.63. The van der Waals surface area contributed by atoms with Crippen molar-refractivity contribution in [3.63, 3.8) is 0 Å². The number of benzene rings is 3. The van der Waals surface area contributed by atoms with Crippen LogP contribution in [0.2, 0.25) is 5.02 Å². The van der Waals surface area contributed by atoms with Crippen LogP contribution in [0.3, 0.4) is 0 Å². The van der Waals surface area contributed by atoms with Gasteiger partial charge in [0, 0.05) is 15.1 Å². The van der Waals surface area contributed by atoms with Crippen molar-refractivity contribution < 1.29 is 37.0 Å². The molecule has 0 aliphatic carbocycles. The van der Waals surface area contributed by atoms with Crippen LogP contribution in [-0.2, 0) is 20.9 Å². The van der Waals surface area contributed by atoms with Gasteiger partial charge < -0.3 is 14.2 Å². The molecule has 1 atom stereocenters. The van der Waals surface area contributed by atoms with Crippen LogP contribution in [0.15, 0.2) is 86.2 Å². The monoisotopic (exact) mass is 874 g/mol. The van der Waals surface area contributed by atoms with E-state index in [1.54, 1.807) is 43.3 Å². The van der Waals surface area contributed by atoms with Crippen molar-refractivity contribution in [3.05, 3.63) is 127 Å². The first kappa shape index (κ1) is 35.8. The fourth-order valence-corrected chi connectivity index (χ4v) is 7.71. The lowest BCUT2D eigenvalue weighted by Gasteiger charge is -2.26. The molecule has 1 aliphatic rings. The van der Waals surface area contributed by atoms with Gasteiger partial charge in [-0.3, -0.25) is 9.36 Å². The van der Waals surface area contributed by atoms with Crippen LogP contribution in [0.1, 0.15) is 46.9 Å². The number of fused-ring (bicyclic) bond motifs is 1. The summed E-state index contributed by atoms with van der Waals surface area (Å²) in [7, 11) is 0. The second-order valence-electron chi connectivity index (χ2n) is 10.1. The third-order valence-electron chi connectivity index (χ3n) is 6.95. The van der Waals surface area contributed by atoms with E-state index in [0.717, 1.165) is 21.5 Å². The highest BCUT2D eigenvalue weighted by Gasteiger charge is 2.45. The van der Waals surface area contributed by atoms with Gasteiger partial charge in [0.15, 0.2) is 10.5 Å². The lowest BCUT2D eigenvalue weighted by molar-refractivity contribution is -0.140. The molecule has 2 heterocycles. The molecule has 0 amide bonds. The van der Waals surface area contributed by atoms with Gasteiger partial charge in [0.25, 0.3) is 5.56 Å². The minimum atomic E-state index is -5.03. The normalized spacial score (nSPS) is 14.8. The van der Waals surface area contributed by atoms with Crippen molar-refractivity contribution in [2.75, 3.05) is 13.2 Å². The Labute approximate surface area is 302 Å². The number of ether oxygens (including phenoxy) is 3. The summed E-state index contributed by atoms with van der Waals surface area (Å²) in [4.78, 5) is 42.7. The van der Waals surface area contributed by atoms with Crippen LogP contribution >= 0.6 is 61.5 Å². The smallest absolute Gasteiger partial charge is 0.434 e. The largest absolute Gasteiger partial charge is 0.487 e. The number of aromatic nitrogens is 1. The number of thiazole rings is 1. The molecule has 0 bridgehead atoms. The van der Waals surface area contributed by atoms with Crippen molar-refractivity contribution in [2.24, 2.45) is 4.99 Å². The maximum atomic E-state index is 14.4. The quantitative estimate of drug-likeness (QED) is 0.131. The fourth-order valence-electron chi connectivity index (χ4n) is 4.89. The van der Waals surface area contributed by atoms with Crippen LogP contribution in [0.4, 0.5) is 13.2 Å². The molecule has 8 nitrogen and oxygen atoms in total. The molecule has 250 valence electrons. The Bertz CT molecular complexity index is 2100. The number of nitrogens with zero attached hydrogens (tertiary/aromatic N) is 2. The molecule has 0 unspecified atom stereocenters. The van der Waals surface area contributed by atoms with Gasteiger partial charge in [-0.1, -0.05) is 63.1 Å². The van der Waals surface area contributed by atoms with E-state index in [4.69, 9.17) is 25.8 Å². The molecule has 0 spiro atoms. The molecule has 48 heavy (non-hydrogen) atoms. The molecule has 0 fully saturated rings. The molecular weight excluding hydrogens is 852 g/mol. The number of esters is 2. The number of rotatable bonds is 9. The van der Waals surface area contributed by atoms with Crippen LogP contribution in [0, 0.1) is 3.57 Å². The second kappa shape index (κ2) is 15.0. The third kappa shape index (κ3) is 7.71. The molecule has 5 rings (SSSR count). The Morgan fingerprint density at radius 3 is 2.31 bits per heavy atom. The lowest BCUT2D eigenvalue weighted by atomic mass is 9.95. The van der Waals surface area contributed by atoms with Crippen LogP contribution in [0.25, 0.3) is 6.08 Å². The van der Waals surface area contributed by atoms with Crippen molar-refractivity contribution in [1.29, 1.82) is 0 Å². The highest BCUT2D eigenvalue weighted by molar-refractivity contribution is 14.1. The zero-order chi connectivity index (χ0) is 34.7. The Kier molecular flexibility index (Phi) is 11.2. The zero-order valence-electron chi connectivity index (χ0n) is 25.1. The average Bonchev–Trinajstić information content (AvgIpc) is 3.34. The SMILES string of the molecule is CCOC(=O)C1=C(C(F)(F)F)N=c2s/c(=C\c3cc(Br)cc(I)c3OCc3ccc(C(=O)OCC)cc3)c(=O)n2[C@H]1c1ccc(Cl)cc1. The minimum Gasteiger partial charge on any atom is -0.487 e. The van der Waals surface area contributed by atoms with E-state index in [0.29, 0.717) is 29.9 Å². The summed E-state index contributed by atoms with van der Waals surface area (Å²) >= 11 is 12.3. The van der Waals surface area contributed by atoms with E-state index in [-0.39, 0.29) is 34.7 Å². The van der Waals surface area contributed by atoms with Gasteiger partial charge in [-0.25, -0.2) is 14.6 Å². The Morgan fingerprint density at radius 2 is 1.69 bits per heavy atom. The van der Waals surface area contributed by atoms with Gasteiger partial charge >= 0.3 is 18.1 Å². The van der Waals surface area contributed by atoms with E-state index in [2.05, 4.69) is 43.5 Å². The first-order chi connectivity index (χ1) is 22.8. The first-order valence-electron chi connectivity index (χ1n) is 14.3. The number of carbonyl (C=O) groups excluding carboxylic acids is 2. The molecule has 0 N–H and O–H groups in total. The molecule has 3 aromatic carbocycles. The molecule has 1 aromatic heterocycles. The van der Waals surface area contributed by atoms with Crippen molar-refractivity contribution in [3.8, 4) is 5.75 Å². The van der Waals surface area contributed by atoms with E-state index < -0.39 is 41.0 Å². The van der Waals surface area contributed by atoms with Crippen LogP contribution in [-0.4, -0.2) is 35.9 Å². The predicted molar refractivity (Wildman–Crippen MR) is 186 cm³/mol. The van der Waals surface area contributed by atoms with Crippen molar-refractivity contribution >= 4 is 79.5 Å². The molecule has 0 radical (unpaired) electrons. The maximum absolute atomic E-state index is 14.4. The zero-order valence-corrected chi connectivity index (χ0v) is 30.4. The fraction of sp³-hybridized carbons (Fsp3) is 0.212. The summed E-state index contributed by atoms with van der Waals surface area (Å²) in [5.41, 5.74) is -1.10. The van der Waals surface area contributed by atoms with E-state index in [1.807, 2.05) is 0 Å². The summed E-state index contributed by atoms with van der Waals surface area (Å²) in [6, 6.07) is 14.5.